The zero-order valence-corrected chi connectivity index (χ0v) is 40.3. The molecule has 5 heteroatoms. The third-order valence-corrected chi connectivity index (χ3v) is 16.3. The largest absolute Gasteiger partial charge is 0.147 e. The maximum atomic E-state index is 3.24. The van der Waals surface area contributed by atoms with Gasteiger partial charge < -0.3 is 0 Å². The van der Waals surface area contributed by atoms with E-state index < -0.39 is 18.6 Å². The molecule has 0 radical (unpaired) electrons. The van der Waals surface area contributed by atoms with Crippen LogP contribution in [-0.2, 0) is 18.6 Å². The zero-order valence-electron chi connectivity index (χ0n) is 37.9. The fourth-order valence-corrected chi connectivity index (χ4v) is 13.3. The van der Waals surface area contributed by atoms with Crippen LogP contribution in [0.25, 0.3) is 0 Å². The molecule has 0 aliphatic carbocycles. The van der Waals surface area contributed by atoms with Gasteiger partial charge in [0.05, 0.1) is 0 Å². The second-order valence-corrected chi connectivity index (χ2v) is 20.8. The summed E-state index contributed by atoms with van der Waals surface area (Å²) in [6.07, 6.45) is 51.4. The predicted molar refractivity (Wildman–Crippen MR) is 242 cm³/mol. The van der Waals surface area contributed by atoms with E-state index in [1.165, 1.54) is 270 Å². The van der Waals surface area contributed by atoms with E-state index in [2.05, 4.69) is 51.7 Å². The molecule has 0 N–H and O–H groups in total. The number of rotatable bonds is 45. The van der Waals surface area contributed by atoms with E-state index in [0.717, 1.165) is 0 Å². The Bertz CT molecular complexity index is 519. The average Bonchev–Trinajstić information content (AvgIpc) is 3.15. The molecule has 0 aromatic carbocycles. The number of hydrogen-bond donors (Lipinski definition) is 0. The molecule has 0 unspecified atom stereocenters. The minimum Gasteiger partial charge on any atom is -0.147 e. The molecule has 321 valence electrons. The van der Waals surface area contributed by atoms with Crippen LogP contribution in [-0.4, -0.2) is 49.4 Å². The Morgan fingerprint density at radius 1 is 0.208 bits per heavy atom. The molecule has 0 bridgehead atoms. The van der Waals surface area contributed by atoms with Crippen molar-refractivity contribution >= 4 is 12.4 Å². The molecule has 53 heavy (non-hydrogen) atoms. The summed E-state index contributed by atoms with van der Waals surface area (Å²) in [5.74, 6) is 0. The summed E-state index contributed by atoms with van der Waals surface area (Å²) in [4.78, 5) is 0. The maximum Gasteiger partial charge on any atom is -0.147 e. The standard InChI is InChI=1S/3C16H34N.ClH.Ti/c3*1-3-5-7-9-11-13-15-17-16-14-12-10-8-6-4-2;;/h3*3-16H2,1-2H3;1H;/q3*-1;;+3. The summed E-state index contributed by atoms with van der Waals surface area (Å²) in [6.45, 7) is 22.5. The molecule has 0 saturated heterocycles. The van der Waals surface area contributed by atoms with Crippen LogP contribution in [0.3, 0.4) is 0 Å². The maximum absolute atomic E-state index is 3.24. The topological polar surface area (TPSA) is 9.72 Å². The molecule has 3 nitrogen and oxygen atoms in total. The van der Waals surface area contributed by atoms with Crippen molar-refractivity contribution in [2.45, 2.75) is 273 Å². The smallest absolute Gasteiger partial charge is 0.147 e. The summed E-state index contributed by atoms with van der Waals surface area (Å²) in [6, 6.07) is 0. The van der Waals surface area contributed by atoms with E-state index in [1.807, 2.05) is 0 Å². The predicted octanol–water partition coefficient (Wildman–Crippen LogP) is 16.8. The van der Waals surface area contributed by atoms with Gasteiger partial charge in [0.2, 0.25) is 0 Å². The van der Waals surface area contributed by atoms with Gasteiger partial charge in [0.1, 0.15) is 0 Å². The van der Waals surface area contributed by atoms with E-state index >= 15 is 0 Å². The Hall–Kier alpha value is 0.884. The Morgan fingerprint density at radius 3 is 0.491 bits per heavy atom. The van der Waals surface area contributed by atoms with Crippen LogP contribution in [0.5, 0.6) is 0 Å². The van der Waals surface area contributed by atoms with Crippen LogP contribution >= 0.6 is 12.4 Å². The van der Waals surface area contributed by atoms with Gasteiger partial charge in [-0.15, -0.1) is 12.4 Å². The molecule has 0 aliphatic rings. The third kappa shape index (κ3) is 36.9. The van der Waals surface area contributed by atoms with E-state index in [0.29, 0.717) is 0 Å². The van der Waals surface area contributed by atoms with Crippen molar-refractivity contribution in [1.82, 2.24) is 10.1 Å². The second kappa shape index (κ2) is 47.3. The van der Waals surface area contributed by atoms with Crippen LogP contribution in [0.15, 0.2) is 0 Å². The fourth-order valence-electron chi connectivity index (χ4n) is 8.03. The summed E-state index contributed by atoms with van der Waals surface area (Å²) in [5.41, 5.74) is 0. The minimum atomic E-state index is -1.86. The van der Waals surface area contributed by atoms with E-state index in [9.17, 15) is 0 Å². The summed E-state index contributed by atoms with van der Waals surface area (Å²) in [7, 11) is 0. The van der Waals surface area contributed by atoms with E-state index in [4.69, 9.17) is 0 Å². The summed E-state index contributed by atoms with van der Waals surface area (Å²) >= 11 is -1.86. The molecule has 0 aromatic rings. The van der Waals surface area contributed by atoms with Gasteiger partial charge in [0.15, 0.2) is 0 Å². The van der Waals surface area contributed by atoms with Gasteiger partial charge in [0, 0.05) is 0 Å². The molecule has 0 atom stereocenters. The van der Waals surface area contributed by atoms with Gasteiger partial charge in [-0.05, 0) is 0 Å². The van der Waals surface area contributed by atoms with Crippen molar-refractivity contribution in [3.05, 3.63) is 0 Å². The SMILES string of the molecule is CCCCCCCC[N](CCCCCCCC)[Ti]([N](CCCCCCCC)CCCCCCCC)[N](CCCCCCCC)CCCCCCCC.Cl. The molecule has 0 aliphatic heterocycles. The molecular formula is C48H103ClN3Ti. The summed E-state index contributed by atoms with van der Waals surface area (Å²) < 4.78 is 9.71. The first-order valence-corrected chi connectivity index (χ1v) is 26.9. The number of halogens is 1. The first-order valence-electron chi connectivity index (χ1n) is 24.8. The molecule has 0 aromatic heterocycles. The Balaban J connectivity index is 0. The van der Waals surface area contributed by atoms with Gasteiger partial charge in [0.25, 0.3) is 0 Å². The van der Waals surface area contributed by atoms with Gasteiger partial charge >= 0.3 is 341 Å². The van der Waals surface area contributed by atoms with Gasteiger partial charge in [-0.25, -0.2) is 0 Å². The number of unbranched alkanes of at least 4 members (excludes halogenated alkanes) is 30. The average molecular weight is 806 g/mol. The Labute approximate surface area is 351 Å². The van der Waals surface area contributed by atoms with Crippen LogP contribution in [0.1, 0.15) is 273 Å². The van der Waals surface area contributed by atoms with Crippen LogP contribution in [0.4, 0.5) is 0 Å². The normalized spacial score (nSPS) is 11.7. The van der Waals surface area contributed by atoms with Crippen molar-refractivity contribution in [3.63, 3.8) is 0 Å². The molecule has 0 rings (SSSR count). The van der Waals surface area contributed by atoms with Gasteiger partial charge in [-0.1, -0.05) is 0 Å². The third-order valence-electron chi connectivity index (χ3n) is 11.5. The zero-order chi connectivity index (χ0) is 38.0. The van der Waals surface area contributed by atoms with Crippen molar-refractivity contribution in [2.24, 2.45) is 0 Å². The first kappa shape index (κ1) is 56.0. The van der Waals surface area contributed by atoms with Crippen LogP contribution in [0.2, 0.25) is 0 Å². The molecule has 0 fully saturated rings. The number of nitrogens with zero attached hydrogens (tertiary/aromatic N) is 3. The van der Waals surface area contributed by atoms with Crippen molar-refractivity contribution in [2.75, 3.05) is 39.3 Å². The Kier molecular flexibility index (Phi) is 49.9. The fraction of sp³-hybridized carbons (Fsp3) is 1.00. The Morgan fingerprint density at radius 2 is 0.340 bits per heavy atom. The van der Waals surface area contributed by atoms with E-state index in [-0.39, 0.29) is 12.4 Å². The van der Waals surface area contributed by atoms with Gasteiger partial charge in [-0.2, -0.15) is 0 Å². The minimum absolute atomic E-state index is 0. The van der Waals surface area contributed by atoms with Crippen molar-refractivity contribution < 1.29 is 18.6 Å². The molecular weight excluding hydrogens is 702 g/mol. The molecule has 0 saturated carbocycles. The monoisotopic (exact) mass is 805 g/mol. The molecule has 0 amide bonds. The van der Waals surface area contributed by atoms with E-state index in [1.54, 1.807) is 0 Å². The van der Waals surface area contributed by atoms with Crippen LogP contribution < -0.4 is 0 Å². The van der Waals surface area contributed by atoms with Crippen LogP contribution in [0, 0.1) is 0 Å². The quantitative estimate of drug-likeness (QED) is 0.0448. The van der Waals surface area contributed by atoms with Crippen molar-refractivity contribution in [3.8, 4) is 0 Å². The second-order valence-electron chi connectivity index (χ2n) is 16.9. The van der Waals surface area contributed by atoms with Gasteiger partial charge in [-0.3, -0.25) is 0 Å². The number of hydrogen-bond acceptors (Lipinski definition) is 3. The summed E-state index contributed by atoms with van der Waals surface area (Å²) in [5, 5.41) is 0. The van der Waals surface area contributed by atoms with Crippen molar-refractivity contribution in [1.29, 1.82) is 0 Å². The molecule has 0 spiro atoms. The first-order chi connectivity index (χ1) is 25.7. The molecule has 0 heterocycles.